The molecule has 3 rings (SSSR count). The van der Waals surface area contributed by atoms with E-state index >= 15 is 0 Å². The summed E-state index contributed by atoms with van der Waals surface area (Å²) < 4.78 is 0. The van der Waals surface area contributed by atoms with Crippen molar-refractivity contribution in [1.29, 1.82) is 0 Å². The zero-order valence-electron chi connectivity index (χ0n) is 14.4. The Morgan fingerprint density at radius 1 is 1.04 bits per heavy atom. The van der Waals surface area contributed by atoms with E-state index in [2.05, 4.69) is 53.2 Å². The fourth-order valence-corrected chi connectivity index (χ4v) is 2.98. The Labute approximate surface area is 144 Å². The van der Waals surface area contributed by atoms with Gasteiger partial charge in [0, 0.05) is 35.6 Å². The molecular formula is C21H25N3. The molecule has 2 aromatic rings. The first-order valence-electron chi connectivity index (χ1n) is 8.59. The first-order valence-corrected chi connectivity index (χ1v) is 8.59. The van der Waals surface area contributed by atoms with Crippen molar-refractivity contribution in [3.8, 4) is 11.8 Å². The second-order valence-corrected chi connectivity index (χ2v) is 6.65. The van der Waals surface area contributed by atoms with Crippen molar-refractivity contribution in [2.75, 3.05) is 23.3 Å². The van der Waals surface area contributed by atoms with E-state index in [1.54, 1.807) is 0 Å². The van der Waals surface area contributed by atoms with Crippen LogP contribution in [0, 0.1) is 17.8 Å². The first kappa shape index (κ1) is 16.4. The van der Waals surface area contributed by atoms with Crippen molar-refractivity contribution in [1.82, 2.24) is 0 Å². The quantitative estimate of drug-likeness (QED) is 0.670. The first-order chi connectivity index (χ1) is 11.6. The van der Waals surface area contributed by atoms with E-state index < -0.39 is 0 Å². The summed E-state index contributed by atoms with van der Waals surface area (Å²) >= 11 is 0. The van der Waals surface area contributed by atoms with Gasteiger partial charge in [-0.05, 0) is 67.8 Å². The minimum absolute atomic E-state index is 0.0564. The van der Waals surface area contributed by atoms with Crippen LogP contribution in [0.4, 0.5) is 11.4 Å². The van der Waals surface area contributed by atoms with Crippen LogP contribution in [0.5, 0.6) is 0 Å². The minimum Gasteiger partial charge on any atom is -0.371 e. The van der Waals surface area contributed by atoms with Gasteiger partial charge in [0.2, 0.25) is 0 Å². The van der Waals surface area contributed by atoms with E-state index in [0.717, 1.165) is 35.8 Å². The maximum absolute atomic E-state index is 5.72. The van der Waals surface area contributed by atoms with Gasteiger partial charge in [-0.2, -0.15) is 0 Å². The number of hydrogen-bond acceptors (Lipinski definition) is 3. The Balaban J connectivity index is 1.65. The third-order valence-corrected chi connectivity index (χ3v) is 4.29. The molecule has 124 valence electrons. The van der Waals surface area contributed by atoms with Gasteiger partial charge in [0.15, 0.2) is 0 Å². The highest BCUT2D eigenvalue weighted by atomic mass is 15.1. The van der Waals surface area contributed by atoms with Crippen LogP contribution in [0.25, 0.3) is 0 Å². The lowest BCUT2D eigenvalue weighted by Gasteiger charge is -2.17. The van der Waals surface area contributed by atoms with Crippen LogP contribution < -0.4 is 16.0 Å². The molecule has 0 spiro atoms. The van der Waals surface area contributed by atoms with Crippen molar-refractivity contribution in [2.24, 2.45) is 11.7 Å². The van der Waals surface area contributed by atoms with Crippen LogP contribution in [-0.2, 0) is 0 Å². The number of nitrogens with one attached hydrogen (secondary N) is 1. The molecule has 2 atom stereocenters. The molecule has 0 aromatic heterocycles. The molecule has 1 saturated heterocycles. The topological polar surface area (TPSA) is 41.3 Å². The third-order valence-electron chi connectivity index (χ3n) is 4.29. The molecular weight excluding hydrogens is 294 g/mol. The molecule has 3 nitrogen and oxygen atoms in total. The molecule has 0 aliphatic carbocycles. The van der Waals surface area contributed by atoms with E-state index in [9.17, 15) is 0 Å². The smallest absolute Gasteiger partial charge is 0.0714 e. The number of benzene rings is 2. The maximum Gasteiger partial charge on any atom is 0.0714 e. The van der Waals surface area contributed by atoms with Crippen molar-refractivity contribution < 1.29 is 0 Å². The van der Waals surface area contributed by atoms with Gasteiger partial charge in [-0.1, -0.05) is 18.8 Å². The normalized spacial score (nSPS) is 18.0. The van der Waals surface area contributed by atoms with E-state index in [-0.39, 0.29) is 6.17 Å². The molecule has 3 heteroatoms. The summed E-state index contributed by atoms with van der Waals surface area (Å²) in [5.74, 6) is 7.24. The molecule has 0 bridgehead atoms. The molecule has 1 fully saturated rings. The maximum atomic E-state index is 5.72. The van der Waals surface area contributed by atoms with Crippen LogP contribution in [0.15, 0.2) is 48.5 Å². The van der Waals surface area contributed by atoms with Crippen LogP contribution in [0.3, 0.4) is 0 Å². The van der Waals surface area contributed by atoms with Gasteiger partial charge < -0.3 is 16.0 Å². The summed E-state index contributed by atoms with van der Waals surface area (Å²) in [4.78, 5) is 2.45. The fraction of sp³-hybridized carbons (Fsp3) is 0.333. The lowest BCUT2D eigenvalue weighted by molar-refractivity contribution is 0.659. The molecule has 1 heterocycles. The molecule has 0 saturated carbocycles. The molecule has 0 amide bonds. The van der Waals surface area contributed by atoms with E-state index in [0.29, 0.717) is 0 Å². The Morgan fingerprint density at radius 2 is 1.62 bits per heavy atom. The molecule has 2 aromatic carbocycles. The highest BCUT2D eigenvalue weighted by molar-refractivity contribution is 5.53. The monoisotopic (exact) mass is 319 g/mol. The van der Waals surface area contributed by atoms with Crippen molar-refractivity contribution in [2.45, 2.75) is 26.4 Å². The average molecular weight is 319 g/mol. The van der Waals surface area contributed by atoms with Crippen LogP contribution in [0.2, 0.25) is 0 Å². The van der Waals surface area contributed by atoms with Gasteiger partial charge >= 0.3 is 0 Å². The lowest BCUT2D eigenvalue weighted by Crippen LogP contribution is -2.24. The Hall–Kier alpha value is -2.44. The van der Waals surface area contributed by atoms with Gasteiger partial charge in [-0.25, -0.2) is 0 Å². The molecule has 0 radical (unpaired) electrons. The Bertz CT molecular complexity index is 720. The average Bonchev–Trinajstić information content (AvgIpc) is 3.01. The van der Waals surface area contributed by atoms with Gasteiger partial charge in [-0.15, -0.1) is 0 Å². The zero-order chi connectivity index (χ0) is 16.9. The van der Waals surface area contributed by atoms with Crippen molar-refractivity contribution >= 4 is 11.4 Å². The highest BCUT2D eigenvalue weighted by Crippen LogP contribution is 2.23. The number of nitrogens with zero attached hydrogens (tertiary/aromatic N) is 1. The molecule has 1 aliphatic rings. The number of rotatable bonds is 3. The fourth-order valence-electron chi connectivity index (χ4n) is 2.98. The van der Waals surface area contributed by atoms with Gasteiger partial charge in [0.05, 0.1) is 6.17 Å². The second-order valence-electron chi connectivity index (χ2n) is 6.65. The summed E-state index contributed by atoms with van der Waals surface area (Å²) in [6, 6.07) is 16.6. The largest absolute Gasteiger partial charge is 0.371 e. The Kier molecular flexibility index (Phi) is 5.08. The highest BCUT2D eigenvalue weighted by Gasteiger charge is 2.18. The summed E-state index contributed by atoms with van der Waals surface area (Å²) in [6.45, 7) is 6.55. The Morgan fingerprint density at radius 3 is 2.12 bits per heavy atom. The lowest BCUT2D eigenvalue weighted by atomic mass is 10.1. The van der Waals surface area contributed by atoms with Gasteiger partial charge in [0.1, 0.15) is 0 Å². The molecule has 1 aliphatic heterocycles. The number of anilines is 2. The zero-order valence-corrected chi connectivity index (χ0v) is 14.4. The van der Waals surface area contributed by atoms with Crippen LogP contribution in [0.1, 0.15) is 31.4 Å². The summed E-state index contributed by atoms with van der Waals surface area (Å²) in [6.07, 6.45) is 1.23. The standard InChI is InChI=1S/C21H25N3/c1-16-13-14-24(15-16)21-11-7-19(8-12-21)4-3-18-5-9-20(10-6-18)23-17(2)22/h5-12,16-17,23H,13-15,22H2,1-2H3. The van der Waals surface area contributed by atoms with Crippen LogP contribution in [-0.4, -0.2) is 19.3 Å². The molecule has 2 unspecified atom stereocenters. The summed E-state index contributed by atoms with van der Waals surface area (Å²) in [5, 5.41) is 3.17. The molecule has 3 N–H and O–H groups in total. The van der Waals surface area contributed by atoms with Gasteiger partial charge in [0.25, 0.3) is 0 Å². The summed E-state index contributed by atoms with van der Waals surface area (Å²) in [5.41, 5.74) is 10.1. The van der Waals surface area contributed by atoms with Crippen molar-refractivity contribution in [3.05, 3.63) is 59.7 Å². The minimum atomic E-state index is -0.0564. The SMILES string of the molecule is CC1CCN(c2ccc(C#Cc3ccc(NC(C)N)cc3)cc2)C1. The van der Waals surface area contributed by atoms with E-state index in [4.69, 9.17) is 5.73 Å². The third kappa shape index (κ3) is 4.31. The van der Waals surface area contributed by atoms with E-state index in [1.165, 1.54) is 12.1 Å². The van der Waals surface area contributed by atoms with E-state index in [1.807, 2.05) is 31.2 Å². The summed E-state index contributed by atoms with van der Waals surface area (Å²) in [7, 11) is 0. The number of nitrogens with two attached hydrogens (primary N) is 1. The van der Waals surface area contributed by atoms with Gasteiger partial charge in [-0.3, -0.25) is 0 Å². The predicted molar refractivity (Wildman–Crippen MR) is 102 cm³/mol. The number of hydrogen-bond donors (Lipinski definition) is 2. The second kappa shape index (κ2) is 7.42. The molecule has 24 heavy (non-hydrogen) atoms. The van der Waals surface area contributed by atoms with Crippen LogP contribution >= 0.6 is 0 Å². The van der Waals surface area contributed by atoms with Crippen molar-refractivity contribution in [3.63, 3.8) is 0 Å². The predicted octanol–water partition coefficient (Wildman–Crippen LogP) is 3.65.